The third kappa shape index (κ3) is 26.6. The summed E-state index contributed by atoms with van der Waals surface area (Å²) in [5, 5.41) is 0. The van der Waals surface area contributed by atoms with Crippen LogP contribution in [0.5, 0.6) is 0 Å². The Kier molecular flexibility index (Phi) is 29.4. The highest BCUT2D eigenvalue weighted by Crippen LogP contribution is 2.29. The van der Waals surface area contributed by atoms with Crippen molar-refractivity contribution in [2.24, 2.45) is 11.8 Å². The fourth-order valence-corrected chi connectivity index (χ4v) is 7.32. The average molecular weight is 547 g/mol. The maximum atomic E-state index is 2.30. The van der Waals surface area contributed by atoms with Crippen molar-refractivity contribution in [2.75, 3.05) is 0 Å². The van der Waals surface area contributed by atoms with Crippen LogP contribution in [0.2, 0.25) is 0 Å². The van der Waals surface area contributed by atoms with Crippen LogP contribution in [0.4, 0.5) is 0 Å². The molecular formula is C39H78. The van der Waals surface area contributed by atoms with Crippen molar-refractivity contribution < 1.29 is 0 Å². The summed E-state index contributed by atoms with van der Waals surface area (Å²) in [4.78, 5) is 0. The van der Waals surface area contributed by atoms with Crippen molar-refractivity contribution in [1.82, 2.24) is 0 Å². The smallest absolute Gasteiger partial charge is 0.0414 e. The van der Waals surface area contributed by atoms with Gasteiger partial charge in [-0.3, -0.25) is 0 Å². The van der Waals surface area contributed by atoms with Gasteiger partial charge in [0.15, 0.2) is 0 Å². The maximum absolute atomic E-state index is 2.30. The molecule has 234 valence electrons. The molecule has 0 N–H and O–H groups in total. The Morgan fingerprint density at radius 3 is 0.769 bits per heavy atom. The molecule has 0 radical (unpaired) electrons. The molecule has 0 heterocycles. The molecule has 0 aromatic heterocycles. The van der Waals surface area contributed by atoms with E-state index >= 15 is 0 Å². The summed E-state index contributed by atoms with van der Waals surface area (Å²) in [6.45, 7) is 4.60. The zero-order valence-electron chi connectivity index (χ0n) is 27.9. The second kappa shape index (κ2) is 30.9. The topological polar surface area (TPSA) is 0 Å². The third-order valence-electron chi connectivity index (χ3n) is 10.1. The van der Waals surface area contributed by atoms with Crippen LogP contribution in [-0.4, -0.2) is 0 Å². The highest BCUT2D eigenvalue weighted by Gasteiger charge is 2.13. The van der Waals surface area contributed by atoms with Gasteiger partial charge in [0.25, 0.3) is 0 Å². The van der Waals surface area contributed by atoms with Gasteiger partial charge in [0.05, 0.1) is 0 Å². The number of unbranched alkanes of at least 4 members (excludes halogenated alkanes) is 21. The second-order valence-electron chi connectivity index (χ2n) is 14.0. The Morgan fingerprint density at radius 1 is 0.282 bits per heavy atom. The molecule has 0 aliphatic heterocycles. The zero-order chi connectivity index (χ0) is 27.9. The predicted octanol–water partition coefficient (Wildman–Crippen LogP) is 14.9. The first-order chi connectivity index (χ1) is 19.4. The van der Waals surface area contributed by atoms with Gasteiger partial charge < -0.3 is 0 Å². The van der Waals surface area contributed by atoms with Crippen molar-refractivity contribution in [3.8, 4) is 0 Å². The molecule has 39 heavy (non-hydrogen) atoms. The molecular weight excluding hydrogens is 468 g/mol. The highest BCUT2D eigenvalue weighted by atomic mass is 14.2. The van der Waals surface area contributed by atoms with E-state index in [0.29, 0.717) is 0 Å². The van der Waals surface area contributed by atoms with Gasteiger partial charge in [-0.1, -0.05) is 239 Å². The van der Waals surface area contributed by atoms with E-state index in [0.717, 1.165) is 11.8 Å². The lowest BCUT2D eigenvalue weighted by Gasteiger charge is -2.21. The van der Waals surface area contributed by atoms with E-state index in [2.05, 4.69) is 13.8 Å². The van der Waals surface area contributed by atoms with Crippen LogP contribution in [0.25, 0.3) is 0 Å². The molecule has 0 amide bonds. The Labute approximate surface area is 250 Å². The Bertz CT molecular complexity index is 427. The summed E-state index contributed by atoms with van der Waals surface area (Å²) in [7, 11) is 0. The first kappa shape index (κ1) is 37.0. The van der Waals surface area contributed by atoms with Gasteiger partial charge in [-0.05, 0) is 11.8 Å². The van der Waals surface area contributed by atoms with E-state index in [9.17, 15) is 0 Å². The fraction of sp³-hybridized carbons (Fsp3) is 1.00. The summed E-state index contributed by atoms with van der Waals surface area (Å²) < 4.78 is 0. The van der Waals surface area contributed by atoms with Crippen LogP contribution in [0, 0.1) is 11.8 Å². The van der Waals surface area contributed by atoms with E-state index in [1.54, 1.807) is 0 Å². The summed E-state index contributed by atoms with van der Waals surface area (Å²) in [6.07, 6.45) is 52.4. The Hall–Kier alpha value is 0. The predicted molar refractivity (Wildman–Crippen MR) is 180 cm³/mol. The molecule has 2 aliphatic rings. The summed E-state index contributed by atoms with van der Waals surface area (Å²) in [6, 6.07) is 0. The van der Waals surface area contributed by atoms with Gasteiger partial charge >= 0.3 is 0 Å². The van der Waals surface area contributed by atoms with Gasteiger partial charge in [0, 0.05) is 0 Å². The second-order valence-corrected chi connectivity index (χ2v) is 14.0. The molecule has 0 spiro atoms. The van der Waals surface area contributed by atoms with E-state index in [-0.39, 0.29) is 0 Å². The van der Waals surface area contributed by atoms with Gasteiger partial charge in [0.1, 0.15) is 0 Å². The molecule has 0 heteroatoms. The molecule has 0 aromatic carbocycles. The quantitative estimate of drug-likeness (QED) is 0.0998. The number of rotatable bonds is 25. The van der Waals surface area contributed by atoms with E-state index in [1.807, 2.05) is 0 Å². The van der Waals surface area contributed by atoms with Crippen molar-refractivity contribution >= 4 is 0 Å². The van der Waals surface area contributed by atoms with Crippen molar-refractivity contribution in [3.05, 3.63) is 0 Å². The van der Waals surface area contributed by atoms with Crippen LogP contribution in [-0.2, 0) is 0 Å². The van der Waals surface area contributed by atoms with Crippen molar-refractivity contribution in [1.29, 1.82) is 0 Å². The van der Waals surface area contributed by atoms with Crippen LogP contribution in [0.15, 0.2) is 0 Å². The van der Waals surface area contributed by atoms with E-state index < -0.39 is 0 Å². The van der Waals surface area contributed by atoms with Crippen LogP contribution in [0.1, 0.15) is 239 Å². The SMILES string of the molecule is CCCCCCCCCCCCCC1CCCCC1.CCCCCCCCCCCCCCC1CCCCC1. The van der Waals surface area contributed by atoms with E-state index in [4.69, 9.17) is 0 Å². The Balaban J connectivity index is 0.000000391. The van der Waals surface area contributed by atoms with E-state index in [1.165, 1.54) is 225 Å². The maximum Gasteiger partial charge on any atom is -0.0414 e. The summed E-state index contributed by atoms with van der Waals surface area (Å²) in [5.41, 5.74) is 0. The molecule has 0 unspecified atom stereocenters. The van der Waals surface area contributed by atoms with Crippen LogP contribution < -0.4 is 0 Å². The first-order valence-electron chi connectivity index (χ1n) is 19.4. The standard InChI is InChI=1S/C20H40.C19H38/c1-2-3-4-5-6-7-8-9-10-11-12-14-17-20-18-15-13-16-19-20;1-2-3-4-5-6-7-8-9-10-11-13-16-19-17-14-12-15-18-19/h20H,2-19H2,1H3;19H,2-18H2,1H3. The molecule has 0 aromatic rings. The summed E-state index contributed by atoms with van der Waals surface area (Å²) >= 11 is 0. The van der Waals surface area contributed by atoms with Gasteiger partial charge in [-0.15, -0.1) is 0 Å². The average Bonchev–Trinajstić information content (AvgIpc) is 2.98. The zero-order valence-corrected chi connectivity index (χ0v) is 27.9. The molecule has 2 fully saturated rings. The van der Waals surface area contributed by atoms with Crippen LogP contribution >= 0.6 is 0 Å². The highest BCUT2D eigenvalue weighted by molar-refractivity contribution is 4.66. The first-order valence-corrected chi connectivity index (χ1v) is 19.4. The Morgan fingerprint density at radius 2 is 0.513 bits per heavy atom. The molecule has 2 saturated carbocycles. The molecule has 0 saturated heterocycles. The largest absolute Gasteiger partial charge is 0.0654 e. The lowest BCUT2D eigenvalue weighted by molar-refractivity contribution is 0.328. The minimum atomic E-state index is 1.10. The lowest BCUT2D eigenvalue weighted by Crippen LogP contribution is -2.05. The van der Waals surface area contributed by atoms with Crippen molar-refractivity contribution in [3.63, 3.8) is 0 Å². The molecule has 2 rings (SSSR count). The molecule has 0 nitrogen and oxygen atoms in total. The minimum Gasteiger partial charge on any atom is -0.0654 e. The fourth-order valence-electron chi connectivity index (χ4n) is 7.32. The molecule has 0 atom stereocenters. The summed E-state index contributed by atoms with van der Waals surface area (Å²) in [5.74, 6) is 2.21. The van der Waals surface area contributed by atoms with Gasteiger partial charge in [-0.25, -0.2) is 0 Å². The molecule has 0 bridgehead atoms. The van der Waals surface area contributed by atoms with Gasteiger partial charge in [-0.2, -0.15) is 0 Å². The lowest BCUT2D eigenvalue weighted by atomic mass is 9.85. The normalized spacial score (nSPS) is 16.8. The number of hydrogen-bond donors (Lipinski definition) is 0. The molecule has 2 aliphatic carbocycles. The minimum absolute atomic E-state index is 1.10. The van der Waals surface area contributed by atoms with Crippen molar-refractivity contribution in [2.45, 2.75) is 239 Å². The van der Waals surface area contributed by atoms with Crippen LogP contribution in [0.3, 0.4) is 0 Å². The third-order valence-corrected chi connectivity index (χ3v) is 10.1. The monoisotopic (exact) mass is 547 g/mol. The number of hydrogen-bond acceptors (Lipinski definition) is 0. The van der Waals surface area contributed by atoms with Gasteiger partial charge in [0.2, 0.25) is 0 Å².